The Bertz CT molecular complexity index is 377. The molecule has 0 bridgehead atoms. The largest absolute Gasteiger partial charge is 0.310 e. The van der Waals surface area contributed by atoms with Crippen LogP contribution in [0.4, 0.5) is 0 Å². The second-order valence-electron chi connectivity index (χ2n) is 6.46. The number of hydrogen-bond donors (Lipinski definition) is 1. The molecule has 1 aromatic carbocycles. The fourth-order valence-corrected chi connectivity index (χ4v) is 3.18. The first-order valence-electron chi connectivity index (χ1n) is 8.82. The van der Waals surface area contributed by atoms with Gasteiger partial charge >= 0.3 is 0 Å². The first-order chi connectivity index (χ1) is 10.3. The predicted molar refractivity (Wildman–Crippen MR) is 91.7 cm³/mol. The molecular weight excluding hydrogens is 256 g/mol. The normalized spacial score (nSPS) is 18.4. The molecular formula is C19H32N2. The van der Waals surface area contributed by atoms with Gasteiger partial charge in [-0.2, -0.15) is 0 Å². The lowest BCUT2D eigenvalue weighted by atomic mass is 10.0. The van der Waals surface area contributed by atoms with Crippen LogP contribution in [0.2, 0.25) is 0 Å². The highest BCUT2D eigenvalue weighted by Crippen LogP contribution is 2.19. The third kappa shape index (κ3) is 5.80. The summed E-state index contributed by atoms with van der Waals surface area (Å²) in [5.41, 5.74) is 2.80. The zero-order chi connectivity index (χ0) is 14.9. The maximum absolute atomic E-state index is 3.73. The molecule has 0 aromatic heterocycles. The summed E-state index contributed by atoms with van der Waals surface area (Å²) in [5, 5.41) is 3.73. The fraction of sp³-hybridized carbons (Fsp3) is 0.684. The highest BCUT2D eigenvalue weighted by atomic mass is 15.1. The Morgan fingerprint density at radius 1 is 1.05 bits per heavy atom. The SMILES string of the molecule is CCCNC(CCN1CCCCCC1)c1ccc(C)cc1. The summed E-state index contributed by atoms with van der Waals surface area (Å²) in [5.74, 6) is 0. The van der Waals surface area contributed by atoms with Gasteiger partial charge < -0.3 is 10.2 Å². The summed E-state index contributed by atoms with van der Waals surface area (Å²) >= 11 is 0. The van der Waals surface area contributed by atoms with Gasteiger partial charge in [0.05, 0.1) is 0 Å². The molecule has 1 aliphatic heterocycles. The Morgan fingerprint density at radius 3 is 2.33 bits per heavy atom. The lowest BCUT2D eigenvalue weighted by molar-refractivity contribution is 0.266. The molecule has 1 aromatic rings. The zero-order valence-electron chi connectivity index (χ0n) is 13.9. The third-order valence-electron chi connectivity index (χ3n) is 4.55. The minimum Gasteiger partial charge on any atom is -0.310 e. The number of aryl methyl sites for hydroxylation is 1. The smallest absolute Gasteiger partial charge is 0.0332 e. The predicted octanol–water partition coefficient (Wildman–Crippen LogP) is 4.30. The standard InChI is InChI=1S/C19H32N2/c1-3-13-20-19(18-10-8-17(2)9-11-18)12-16-21-14-6-4-5-7-15-21/h8-11,19-20H,3-7,12-16H2,1-2H3. The van der Waals surface area contributed by atoms with Crippen molar-refractivity contribution in [1.82, 2.24) is 10.2 Å². The van der Waals surface area contributed by atoms with Gasteiger partial charge in [-0.25, -0.2) is 0 Å². The van der Waals surface area contributed by atoms with Crippen molar-refractivity contribution in [2.45, 2.75) is 58.4 Å². The quantitative estimate of drug-likeness (QED) is 0.804. The van der Waals surface area contributed by atoms with Gasteiger partial charge in [-0.3, -0.25) is 0 Å². The molecule has 0 radical (unpaired) electrons. The van der Waals surface area contributed by atoms with Crippen LogP contribution >= 0.6 is 0 Å². The molecule has 0 spiro atoms. The molecule has 1 heterocycles. The van der Waals surface area contributed by atoms with Crippen molar-refractivity contribution in [2.24, 2.45) is 0 Å². The molecule has 0 amide bonds. The number of nitrogens with zero attached hydrogens (tertiary/aromatic N) is 1. The highest BCUT2D eigenvalue weighted by Gasteiger charge is 2.14. The maximum Gasteiger partial charge on any atom is 0.0332 e. The molecule has 1 unspecified atom stereocenters. The van der Waals surface area contributed by atoms with Crippen molar-refractivity contribution >= 4 is 0 Å². The van der Waals surface area contributed by atoms with Crippen molar-refractivity contribution in [3.05, 3.63) is 35.4 Å². The van der Waals surface area contributed by atoms with Gasteiger partial charge in [0.25, 0.3) is 0 Å². The van der Waals surface area contributed by atoms with Crippen molar-refractivity contribution in [1.29, 1.82) is 0 Å². The second-order valence-corrected chi connectivity index (χ2v) is 6.46. The summed E-state index contributed by atoms with van der Waals surface area (Å²) in [4.78, 5) is 2.67. The summed E-state index contributed by atoms with van der Waals surface area (Å²) in [6.07, 6.45) is 8.04. The van der Waals surface area contributed by atoms with Gasteiger partial charge in [0.1, 0.15) is 0 Å². The van der Waals surface area contributed by atoms with E-state index in [2.05, 4.69) is 48.3 Å². The molecule has 1 atom stereocenters. The Balaban J connectivity index is 1.90. The van der Waals surface area contributed by atoms with Crippen LogP contribution in [0.15, 0.2) is 24.3 Å². The average Bonchev–Trinajstić information content (AvgIpc) is 2.77. The van der Waals surface area contributed by atoms with Crippen LogP contribution in [0.5, 0.6) is 0 Å². The molecule has 1 saturated heterocycles. The zero-order valence-corrected chi connectivity index (χ0v) is 13.9. The Kier molecular flexibility index (Phi) is 7.25. The molecule has 2 heteroatoms. The van der Waals surface area contributed by atoms with Crippen LogP contribution in [0, 0.1) is 6.92 Å². The van der Waals surface area contributed by atoms with Crippen LogP contribution in [0.3, 0.4) is 0 Å². The first kappa shape index (κ1) is 16.5. The van der Waals surface area contributed by atoms with Gasteiger partial charge in [0.15, 0.2) is 0 Å². The van der Waals surface area contributed by atoms with Gasteiger partial charge in [0, 0.05) is 6.04 Å². The lowest BCUT2D eigenvalue weighted by Gasteiger charge is -2.25. The van der Waals surface area contributed by atoms with E-state index in [0.29, 0.717) is 6.04 Å². The maximum atomic E-state index is 3.73. The minimum atomic E-state index is 0.508. The fourth-order valence-electron chi connectivity index (χ4n) is 3.18. The van der Waals surface area contributed by atoms with E-state index in [1.54, 1.807) is 0 Å². The van der Waals surface area contributed by atoms with Crippen LogP contribution in [0.1, 0.15) is 62.6 Å². The van der Waals surface area contributed by atoms with Crippen molar-refractivity contribution in [2.75, 3.05) is 26.2 Å². The van der Waals surface area contributed by atoms with E-state index in [9.17, 15) is 0 Å². The van der Waals surface area contributed by atoms with E-state index in [0.717, 1.165) is 6.54 Å². The van der Waals surface area contributed by atoms with Crippen molar-refractivity contribution in [3.63, 3.8) is 0 Å². The highest BCUT2D eigenvalue weighted by molar-refractivity contribution is 5.24. The monoisotopic (exact) mass is 288 g/mol. The van der Waals surface area contributed by atoms with Crippen LogP contribution in [0.25, 0.3) is 0 Å². The number of hydrogen-bond acceptors (Lipinski definition) is 2. The summed E-state index contributed by atoms with van der Waals surface area (Å²) in [7, 11) is 0. The van der Waals surface area contributed by atoms with Gasteiger partial charge in [-0.15, -0.1) is 0 Å². The molecule has 1 aliphatic rings. The lowest BCUT2D eigenvalue weighted by Crippen LogP contribution is -2.30. The van der Waals surface area contributed by atoms with Crippen LogP contribution < -0.4 is 5.32 Å². The summed E-state index contributed by atoms with van der Waals surface area (Å²) < 4.78 is 0. The first-order valence-corrected chi connectivity index (χ1v) is 8.82. The van der Waals surface area contributed by atoms with Crippen LogP contribution in [-0.4, -0.2) is 31.1 Å². The Hall–Kier alpha value is -0.860. The van der Waals surface area contributed by atoms with E-state index in [-0.39, 0.29) is 0 Å². The summed E-state index contributed by atoms with van der Waals surface area (Å²) in [6, 6.07) is 9.58. The van der Waals surface area contributed by atoms with Gasteiger partial charge in [0.2, 0.25) is 0 Å². The van der Waals surface area contributed by atoms with Gasteiger partial charge in [-0.05, 0) is 64.3 Å². The molecule has 2 nitrogen and oxygen atoms in total. The Morgan fingerprint density at radius 2 is 1.71 bits per heavy atom. The molecule has 0 aliphatic carbocycles. The average molecular weight is 288 g/mol. The molecule has 0 saturated carbocycles. The summed E-state index contributed by atoms with van der Waals surface area (Å²) in [6.45, 7) is 9.35. The van der Waals surface area contributed by atoms with E-state index < -0.39 is 0 Å². The third-order valence-corrected chi connectivity index (χ3v) is 4.55. The second kappa shape index (κ2) is 9.22. The van der Waals surface area contributed by atoms with Crippen molar-refractivity contribution < 1.29 is 0 Å². The Labute approximate surface area is 130 Å². The molecule has 21 heavy (non-hydrogen) atoms. The van der Waals surface area contributed by atoms with Crippen LogP contribution in [-0.2, 0) is 0 Å². The number of rotatable bonds is 7. The van der Waals surface area contributed by atoms with E-state index in [1.807, 2.05) is 0 Å². The molecule has 118 valence electrons. The van der Waals surface area contributed by atoms with E-state index in [4.69, 9.17) is 0 Å². The van der Waals surface area contributed by atoms with E-state index in [1.165, 1.54) is 69.3 Å². The minimum absolute atomic E-state index is 0.508. The topological polar surface area (TPSA) is 15.3 Å². The van der Waals surface area contributed by atoms with Gasteiger partial charge in [-0.1, -0.05) is 49.6 Å². The number of likely N-dealkylation sites (tertiary alicyclic amines) is 1. The molecule has 1 N–H and O–H groups in total. The van der Waals surface area contributed by atoms with E-state index >= 15 is 0 Å². The number of benzene rings is 1. The molecule has 1 fully saturated rings. The van der Waals surface area contributed by atoms with Crippen molar-refractivity contribution in [3.8, 4) is 0 Å². The molecule has 2 rings (SSSR count). The number of nitrogens with one attached hydrogen (secondary N) is 1.